The Hall–Kier alpha value is -6.38. The van der Waals surface area contributed by atoms with Crippen molar-refractivity contribution < 1.29 is 95.5 Å². The number of ether oxygens (including phenoxy) is 5. The lowest BCUT2D eigenvalue weighted by Gasteiger charge is -2.36. The number of nitrogens with one attached hydrogen (secondary N) is 1. The van der Waals surface area contributed by atoms with E-state index in [9.17, 15) is 71.9 Å². The lowest BCUT2D eigenvalue weighted by atomic mass is 10.1. The molecule has 0 aromatic heterocycles. The van der Waals surface area contributed by atoms with Crippen LogP contribution in [0.4, 0.5) is 73.6 Å². The van der Waals surface area contributed by atoms with E-state index >= 15 is 0 Å². The van der Waals surface area contributed by atoms with Crippen molar-refractivity contribution in [3.8, 4) is 5.75 Å². The van der Waals surface area contributed by atoms with Gasteiger partial charge in [0.1, 0.15) is 5.75 Å². The first-order valence-corrected chi connectivity index (χ1v) is 25.3. The van der Waals surface area contributed by atoms with Crippen molar-refractivity contribution in [1.29, 1.82) is 0 Å². The predicted molar refractivity (Wildman–Crippen MR) is 265 cm³/mol. The largest absolute Gasteiger partial charge is 0.497 e. The molecular formula is C52H66F12N6O9. The number of alkyl halides is 12. The van der Waals surface area contributed by atoms with Gasteiger partial charge in [-0.1, -0.05) is 36.4 Å². The summed E-state index contributed by atoms with van der Waals surface area (Å²) in [5, 5.41) is 3.29. The van der Waals surface area contributed by atoms with Crippen LogP contribution in [0.2, 0.25) is 0 Å². The highest BCUT2D eigenvalue weighted by molar-refractivity contribution is 5.70. The Labute approximate surface area is 449 Å². The van der Waals surface area contributed by atoms with E-state index in [-0.39, 0.29) is 77.1 Å². The van der Waals surface area contributed by atoms with Gasteiger partial charge in [-0.15, -0.1) is 0 Å². The molecule has 442 valence electrons. The van der Waals surface area contributed by atoms with Crippen LogP contribution in [0.3, 0.4) is 0 Å². The molecule has 2 amide bonds. The fourth-order valence-electron chi connectivity index (χ4n) is 8.32. The van der Waals surface area contributed by atoms with Crippen LogP contribution in [-0.2, 0) is 48.2 Å². The number of esters is 2. The Morgan fingerprint density at radius 2 is 1.01 bits per heavy atom. The number of hydrogen-bond acceptors (Lipinski definition) is 13. The molecule has 0 aliphatic carbocycles. The Morgan fingerprint density at radius 1 is 0.582 bits per heavy atom. The Kier molecular flexibility index (Phi) is 24.5. The molecule has 0 bridgehead atoms. The molecule has 1 N–H and O–H groups in total. The quantitative estimate of drug-likeness (QED) is 0.0468. The number of anilines is 2. The van der Waals surface area contributed by atoms with Crippen LogP contribution in [0.25, 0.3) is 0 Å². The predicted octanol–water partition coefficient (Wildman–Crippen LogP) is 10.6. The average molecular weight is 1150 g/mol. The first-order valence-electron chi connectivity index (χ1n) is 25.3. The summed E-state index contributed by atoms with van der Waals surface area (Å²) in [6, 6.07) is 19.4. The number of halogens is 12. The highest BCUT2D eigenvalue weighted by Crippen LogP contribution is 2.38. The summed E-state index contributed by atoms with van der Waals surface area (Å²) in [4.78, 5) is 55.3. The zero-order valence-electron chi connectivity index (χ0n) is 44.3. The number of amides is 2. The molecule has 3 aromatic carbocycles. The molecule has 2 saturated heterocycles. The van der Waals surface area contributed by atoms with Gasteiger partial charge in [0, 0.05) is 109 Å². The molecule has 3 aromatic rings. The normalized spacial score (nSPS) is 14.8. The topological polar surface area (TPSA) is 143 Å². The highest BCUT2D eigenvalue weighted by Gasteiger charge is 2.61. The van der Waals surface area contributed by atoms with Crippen LogP contribution < -0.4 is 15.0 Å². The van der Waals surface area contributed by atoms with Crippen LogP contribution >= 0.6 is 0 Å². The second kappa shape index (κ2) is 29.7. The van der Waals surface area contributed by atoms with Gasteiger partial charge in [0.25, 0.3) is 12.2 Å². The number of benzene rings is 3. The van der Waals surface area contributed by atoms with Crippen molar-refractivity contribution in [3.63, 3.8) is 0 Å². The Balaban J connectivity index is 0.000000350. The van der Waals surface area contributed by atoms with Crippen molar-refractivity contribution in [2.75, 3.05) is 96.0 Å². The number of rotatable bonds is 21. The van der Waals surface area contributed by atoms with Crippen LogP contribution in [0.5, 0.6) is 5.75 Å². The van der Waals surface area contributed by atoms with Crippen molar-refractivity contribution in [2.24, 2.45) is 0 Å². The molecule has 2 aliphatic heterocycles. The summed E-state index contributed by atoms with van der Waals surface area (Å²) in [6.45, 7) is 11.0. The molecule has 27 heteroatoms. The molecule has 2 aliphatic rings. The lowest BCUT2D eigenvalue weighted by Crippen LogP contribution is -2.52. The minimum atomic E-state index is -5.77. The van der Waals surface area contributed by atoms with E-state index in [1.165, 1.54) is 0 Å². The Morgan fingerprint density at radius 3 is 1.46 bits per heavy atom. The maximum Gasteiger partial charge on any atom is 0.434 e. The van der Waals surface area contributed by atoms with Crippen LogP contribution in [0.1, 0.15) is 67.3 Å². The van der Waals surface area contributed by atoms with E-state index in [1.54, 1.807) is 21.0 Å². The summed E-state index contributed by atoms with van der Waals surface area (Å²) < 4.78 is 176. The average Bonchev–Trinajstić information content (AvgIpc) is 3.38. The van der Waals surface area contributed by atoms with Gasteiger partial charge in [0.2, 0.25) is 0 Å². The van der Waals surface area contributed by atoms with Gasteiger partial charge in [-0.3, -0.25) is 19.4 Å². The summed E-state index contributed by atoms with van der Waals surface area (Å²) in [6.07, 6.45) is -33.1. The minimum absolute atomic E-state index is 0.0740. The van der Waals surface area contributed by atoms with Crippen LogP contribution in [0, 0.1) is 13.8 Å². The van der Waals surface area contributed by atoms with Crippen LogP contribution in [0.15, 0.2) is 60.7 Å². The van der Waals surface area contributed by atoms with Gasteiger partial charge in [-0.25, -0.2) is 9.59 Å². The molecule has 15 nitrogen and oxygen atoms in total. The molecule has 5 rings (SSSR count). The fraction of sp³-hybridized carbons (Fsp3) is 0.577. The molecule has 79 heavy (non-hydrogen) atoms. The van der Waals surface area contributed by atoms with Crippen molar-refractivity contribution >= 4 is 35.5 Å². The van der Waals surface area contributed by atoms with Crippen molar-refractivity contribution in [3.05, 3.63) is 88.5 Å². The van der Waals surface area contributed by atoms with Gasteiger partial charge >= 0.3 is 48.8 Å². The third-order valence-corrected chi connectivity index (χ3v) is 12.3. The minimum Gasteiger partial charge on any atom is -0.497 e. The van der Waals surface area contributed by atoms with Gasteiger partial charge < -0.3 is 43.7 Å². The molecule has 0 atom stereocenters. The van der Waals surface area contributed by atoms with Gasteiger partial charge in [-0.2, -0.15) is 52.7 Å². The molecule has 0 spiro atoms. The summed E-state index contributed by atoms with van der Waals surface area (Å²) in [5.41, 5.74) is 6.67. The van der Waals surface area contributed by atoms with Gasteiger partial charge in [-0.05, 0) is 92.6 Å². The monoisotopic (exact) mass is 1150 g/mol. The molecule has 0 radical (unpaired) electrons. The number of piperazine rings is 2. The number of methoxy groups -OCH3 is 1. The first kappa shape index (κ1) is 65.1. The number of carbonyl (C=O) groups excluding carboxylic acids is 4. The Bertz CT molecular complexity index is 2380. The summed E-state index contributed by atoms with van der Waals surface area (Å²) >= 11 is 0. The van der Waals surface area contributed by atoms with Crippen LogP contribution in [-0.4, -0.2) is 166 Å². The second-order valence-corrected chi connectivity index (χ2v) is 18.5. The molecular weight excluding hydrogens is 1080 g/mol. The van der Waals surface area contributed by atoms with Gasteiger partial charge in [0.05, 0.1) is 20.3 Å². The zero-order valence-corrected chi connectivity index (χ0v) is 44.3. The van der Waals surface area contributed by atoms with Gasteiger partial charge in [0.15, 0.2) is 0 Å². The second-order valence-electron chi connectivity index (χ2n) is 18.5. The van der Waals surface area contributed by atoms with E-state index in [0.717, 1.165) is 49.0 Å². The number of nitrogens with zero attached hydrogens (tertiary/aromatic N) is 5. The highest BCUT2D eigenvalue weighted by atomic mass is 19.4. The third kappa shape index (κ3) is 21.7. The third-order valence-electron chi connectivity index (χ3n) is 12.3. The molecule has 2 fully saturated rings. The standard InChI is InChI=1S/C30H37F6N3O5.C22H29F6N3O4/c1-4-43-26(40)6-5-13-39(19-22-8-11-24(42-3)12-9-22)25-18-21(2)7-10-23(25)20-37-14-16-38(17-15-37)28(41)44-27(29(31,32)33)30(34,35)36;1-3-34-18(32)5-4-8-29-17-13-15(2)6-7-16(17)14-30-9-11-31(12-10-30)20(33)35-19(21(23,24)25)22(26,27)28/h7-12,18,27H,4-6,13-17,19-20H2,1-3H3;6-7,13,19,29H,3-5,8-12,14H2,1-2H3. The number of aryl methyl sites for hydroxylation is 2. The SMILES string of the molecule is CCOC(=O)CCCN(Cc1ccc(OC)cc1)c1cc(C)ccc1CN1CCN(C(=O)OC(C(F)(F)F)C(F)(F)F)CC1.CCOC(=O)CCCNc1cc(C)ccc1CN1CCN(C(=O)OC(C(F)(F)F)C(F)(F)F)CC1. The smallest absolute Gasteiger partial charge is 0.434 e. The van der Waals surface area contributed by atoms with Crippen molar-refractivity contribution in [1.82, 2.24) is 19.6 Å². The van der Waals surface area contributed by atoms with E-state index in [1.807, 2.05) is 84.3 Å². The lowest BCUT2D eigenvalue weighted by molar-refractivity contribution is -0.309. The fourth-order valence-corrected chi connectivity index (χ4v) is 8.32. The number of carbonyl (C=O) groups is 4. The number of hydrogen-bond donors (Lipinski definition) is 1. The van der Waals surface area contributed by atoms with E-state index in [2.05, 4.69) is 19.7 Å². The summed E-state index contributed by atoms with van der Waals surface area (Å²) in [5.74, 6) is 0.163. The zero-order chi connectivity index (χ0) is 58.7. The van der Waals surface area contributed by atoms with E-state index in [0.29, 0.717) is 64.5 Å². The molecule has 2 heterocycles. The summed E-state index contributed by atoms with van der Waals surface area (Å²) in [7, 11) is 1.58. The molecule has 0 saturated carbocycles. The maximum absolute atomic E-state index is 12.8. The van der Waals surface area contributed by atoms with E-state index in [4.69, 9.17) is 14.2 Å². The molecule has 0 unspecified atom stereocenters. The van der Waals surface area contributed by atoms with E-state index < -0.39 is 49.1 Å². The first-order chi connectivity index (χ1) is 37.0. The van der Waals surface area contributed by atoms with Crippen molar-refractivity contribution in [2.45, 2.75) is 110 Å². The maximum atomic E-state index is 12.8.